The average Bonchev–Trinajstić information content (AvgIpc) is 2.89. The molecule has 5 heteroatoms. The normalized spacial score (nSPS) is 10.4. The first-order valence-electron chi connectivity index (χ1n) is 5.49. The number of aromatic amines is 1. The quantitative estimate of drug-likeness (QED) is 0.738. The van der Waals surface area contributed by atoms with E-state index < -0.39 is 0 Å². The Labute approximate surface area is 103 Å². The standard InChI is InChI=1S/C13H10N4O/c18-12-6-7-14-13(16-12)10-8-15-17(9-10)11-4-2-1-3-5-11/h1-9H,(H,14,16,18). The first kappa shape index (κ1) is 10.5. The lowest BCUT2D eigenvalue weighted by Crippen LogP contribution is -2.05. The van der Waals surface area contributed by atoms with Crippen LogP contribution in [0.2, 0.25) is 0 Å². The fourth-order valence-corrected chi connectivity index (χ4v) is 1.68. The van der Waals surface area contributed by atoms with Crippen LogP contribution in [0.3, 0.4) is 0 Å². The highest BCUT2D eigenvalue weighted by molar-refractivity contribution is 5.52. The first-order chi connectivity index (χ1) is 8.83. The van der Waals surface area contributed by atoms with Crippen LogP contribution in [0.4, 0.5) is 0 Å². The molecule has 5 nitrogen and oxygen atoms in total. The van der Waals surface area contributed by atoms with Crippen molar-refractivity contribution in [3.63, 3.8) is 0 Å². The van der Waals surface area contributed by atoms with Crippen molar-refractivity contribution in [3.8, 4) is 17.1 Å². The van der Waals surface area contributed by atoms with Gasteiger partial charge in [0.05, 0.1) is 17.4 Å². The minimum Gasteiger partial charge on any atom is -0.306 e. The third-order valence-electron chi connectivity index (χ3n) is 2.55. The van der Waals surface area contributed by atoms with E-state index in [1.54, 1.807) is 10.9 Å². The summed E-state index contributed by atoms with van der Waals surface area (Å²) in [7, 11) is 0. The van der Waals surface area contributed by atoms with Gasteiger partial charge in [0.15, 0.2) is 0 Å². The van der Waals surface area contributed by atoms with Gasteiger partial charge >= 0.3 is 0 Å². The van der Waals surface area contributed by atoms with Gasteiger partial charge in [0.25, 0.3) is 5.56 Å². The summed E-state index contributed by atoms with van der Waals surface area (Å²) in [5.41, 5.74) is 1.56. The van der Waals surface area contributed by atoms with Crippen LogP contribution in [-0.4, -0.2) is 19.7 Å². The zero-order valence-corrected chi connectivity index (χ0v) is 9.45. The number of para-hydroxylation sites is 1. The molecular weight excluding hydrogens is 228 g/mol. The molecule has 2 aromatic heterocycles. The highest BCUT2D eigenvalue weighted by atomic mass is 16.1. The summed E-state index contributed by atoms with van der Waals surface area (Å²) in [4.78, 5) is 18.0. The molecule has 0 aliphatic carbocycles. The van der Waals surface area contributed by atoms with Crippen molar-refractivity contribution >= 4 is 0 Å². The Balaban J connectivity index is 2.02. The molecule has 3 rings (SSSR count). The SMILES string of the molecule is O=c1ccnc(-c2cnn(-c3ccccc3)c2)[nH]1. The summed E-state index contributed by atoms with van der Waals surface area (Å²) in [6, 6.07) is 11.1. The van der Waals surface area contributed by atoms with Crippen molar-refractivity contribution in [2.75, 3.05) is 0 Å². The molecule has 0 fully saturated rings. The Bertz CT molecular complexity index is 715. The molecule has 1 aromatic carbocycles. The summed E-state index contributed by atoms with van der Waals surface area (Å²) in [6.45, 7) is 0. The van der Waals surface area contributed by atoms with Gasteiger partial charge in [-0.1, -0.05) is 18.2 Å². The number of aromatic nitrogens is 4. The maximum absolute atomic E-state index is 11.2. The second-order valence-corrected chi connectivity index (χ2v) is 3.79. The smallest absolute Gasteiger partial charge is 0.251 e. The van der Waals surface area contributed by atoms with Gasteiger partial charge in [-0.05, 0) is 12.1 Å². The molecule has 0 aliphatic heterocycles. The van der Waals surface area contributed by atoms with Gasteiger partial charge in [0.2, 0.25) is 0 Å². The molecule has 0 radical (unpaired) electrons. The zero-order valence-electron chi connectivity index (χ0n) is 9.45. The lowest BCUT2D eigenvalue weighted by atomic mass is 10.3. The van der Waals surface area contributed by atoms with Crippen molar-refractivity contribution in [2.24, 2.45) is 0 Å². The minimum absolute atomic E-state index is 0.174. The van der Waals surface area contributed by atoms with Crippen LogP contribution in [0.25, 0.3) is 17.1 Å². The molecule has 3 aromatic rings. The Hall–Kier alpha value is -2.69. The van der Waals surface area contributed by atoms with E-state index in [2.05, 4.69) is 15.1 Å². The highest BCUT2D eigenvalue weighted by Crippen LogP contribution is 2.14. The maximum Gasteiger partial charge on any atom is 0.251 e. The van der Waals surface area contributed by atoms with Gasteiger partial charge in [-0.2, -0.15) is 5.10 Å². The molecule has 0 atom stereocenters. The summed E-state index contributed by atoms with van der Waals surface area (Å²) in [6.07, 6.45) is 4.98. The molecule has 0 saturated carbocycles. The van der Waals surface area contributed by atoms with Crippen molar-refractivity contribution in [2.45, 2.75) is 0 Å². The molecule has 0 spiro atoms. The monoisotopic (exact) mass is 238 g/mol. The first-order valence-corrected chi connectivity index (χ1v) is 5.49. The van der Waals surface area contributed by atoms with E-state index in [1.165, 1.54) is 12.3 Å². The summed E-state index contributed by atoms with van der Waals surface area (Å²) in [5.74, 6) is 0.518. The van der Waals surface area contributed by atoms with E-state index >= 15 is 0 Å². The van der Waals surface area contributed by atoms with Crippen molar-refractivity contribution in [1.29, 1.82) is 0 Å². The van der Waals surface area contributed by atoms with E-state index in [1.807, 2.05) is 36.5 Å². The third-order valence-corrected chi connectivity index (χ3v) is 2.55. The maximum atomic E-state index is 11.2. The average molecular weight is 238 g/mol. The Morgan fingerprint density at radius 2 is 1.94 bits per heavy atom. The Kier molecular flexibility index (Phi) is 2.49. The van der Waals surface area contributed by atoms with Gasteiger partial charge in [-0.25, -0.2) is 9.67 Å². The number of rotatable bonds is 2. The lowest BCUT2D eigenvalue weighted by molar-refractivity contribution is 0.880. The molecule has 0 unspecified atom stereocenters. The molecule has 0 aliphatic rings. The second-order valence-electron chi connectivity index (χ2n) is 3.79. The lowest BCUT2D eigenvalue weighted by Gasteiger charge is -1.99. The van der Waals surface area contributed by atoms with Crippen LogP contribution in [0.1, 0.15) is 0 Å². The molecular formula is C13H10N4O. The van der Waals surface area contributed by atoms with Gasteiger partial charge in [0, 0.05) is 18.5 Å². The van der Waals surface area contributed by atoms with Gasteiger partial charge in [0.1, 0.15) is 5.82 Å². The molecule has 88 valence electrons. The van der Waals surface area contributed by atoms with Crippen molar-refractivity contribution in [1.82, 2.24) is 19.7 Å². The summed E-state index contributed by atoms with van der Waals surface area (Å²) in [5, 5.41) is 4.25. The van der Waals surface area contributed by atoms with Gasteiger partial charge in [-0.3, -0.25) is 4.79 Å². The molecule has 0 amide bonds. The molecule has 2 heterocycles. The van der Waals surface area contributed by atoms with Crippen LogP contribution < -0.4 is 5.56 Å². The molecule has 18 heavy (non-hydrogen) atoms. The number of H-pyrrole nitrogens is 1. The summed E-state index contributed by atoms with van der Waals surface area (Å²) < 4.78 is 1.74. The zero-order chi connectivity index (χ0) is 12.4. The molecule has 0 saturated heterocycles. The number of nitrogens with one attached hydrogen (secondary N) is 1. The van der Waals surface area contributed by atoms with Crippen LogP contribution in [-0.2, 0) is 0 Å². The summed E-state index contributed by atoms with van der Waals surface area (Å²) >= 11 is 0. The van der Waals surface area contributed by atoms with Crippen LogP contribution >= 0.6 is 0 Å². The van der Waals surface area contributed by atoms with Crippen LogP contribution in [0.5, 0.6) is 0 Å². The van der Waals surface area contributed by atoms with Crippen molar-refractivity contribution < 1.29 is 0 Å². The van der Waals surface area contributed by atoms with E-state index in [9.17, 15) is 4.79 Å². The Morgan fingerprint density at radius 1 is 1.11 bits per heavy atom. The third kappa shape index (κ3) is 1.93. The molecule has 1 N–H and O–H groups in total. The van der Waals surface area contributed by atoms with Gasteiger partial charge < -0.3 is 4.98 Å². The number of benzene rings is 1. The van der Waals surface area contributed by atoms with Gasteiger partial charge in [-0.15, -0.1) is 0 Å². The van der Waals surface area contributed by atoms with Crippen LogP contribution in [0, 0.1) is 0 Å². The van der Waals surface area contributed by atoms with Crippen LogP contribution in [0.15, 0.2) is 59.8 Å². The van der Waals surface area contributed by atoms with E-state index in [0.29, 0.717) is 5.82 Å². The second kappa shape index (κ2) is 4.29. The topological polar surface area (TPSA) is 63.6 Å². The number of nitrogens with zero attached hydrogens (tertiary/aromatic N) is 3. The predicted molar refractivity (Wildman–Crippen MR) is 67.4 cm³/mol. The molecule has 0 bridgehead atoms. The van der Waals surface area contributed by atoms with Crippen molar-refractivity contribution in [3.05, 3.63) is 65.3 Å². The number of hydrogen-bond donors (Lipinski definition) is 1. The highest BCUT2D eigenvalue weighted by Gasteiger charge is 2.04. The predicted octanol–water partition coefficient (Wildman–Crippen LogP) is 1.62. The fraction of sp³-hybridized carbons (Fsp3) is 0. The van der Waals surface area contributed by atoms with E-state index in [-0.39, 0.29) is 5.56 Å². The number of hydrogen-bond acceptors (Lipinski definition) is 3. The fourth-order valence-electron chi connectivity index (χ4n) is 1.68. The minimum atomic E-state index is -0.174. The Morgan fingerprint density at radius 3 is 2.72 bits per heavy atom. The van der Waals surface area contributed by atoms with E-state index in [4.69, 9.17) is 0 Å². The van der Waals surface area contributed by atoms with E-state index in [0.717, 1.165) is 11.3 Å². The largest absolute Gasteiger partial charge is 0.306 e.